The molecule has 0 aliphatic carbocycles. The van der Waals surface area contributed by atoms with Crippen LogP contribution < -0.4 is 21.3 Å². The molecule has 0 aliphatic heterocycles. The molecule has 12 heteroatoms. The highest BCUT2D eigenvalue weighted by atomic mass is 32.1. The van der Waals surface area contributed by atoms with Crippen molar-refractivity contribution < 1.29 is 4.42 Å². The first-order chi connectivity index (χ1) is 14.5. The number of hydrogen-bond donors (Lipinski definition) is 5. The van der Waals surface area contributed by atoms with Crippen LogP contribution in [0.3, 0.4) is 0 Å². The van der Waals surface area contributed by atoms with E-state index in [1.807, 2.05) is 31.0 Å². The van der Waals surface area contributed by atoms with Crippen LogP contribution in [0.15, 0.2) is 28.7 Å². The lowest BCUT2D eigenvalue weighted by Gasteiger charge is -2.13. The summed E-state index contributed by atoms with van der Waals surface area (Å²) in [6.07, 6.45) is 0.901. The number of aryl methyl sites for hydroxylation is 1. The molecule has 158 valence electrons. The van der Waals surface area contributed by atoms with E-state index in [2.05, 4.69) is 53.1 Å². The topological polar surface area (TPSA) is 150 Å². The van der Waals surface area contributed by atoms with Crippen LogP contribution in [0.4, 0.5) is 23.8 Å². The fourth-order valence-electron chi connectivity index (χ4n) is 2.80. The molecule has 0 saturated carbocycles. The highest BCUT2D eigenvalue weighted by molar-refractivity contribution is 7.12. The van der Waals surface area contributed by atoms with Crippen molar-refractivity contribution in [3.8, 4) is 0 Å². The maximum absolute atomic E-state index is 5.54. The number of nitrogens with one attached hydrogen (secondary N) is 4. The van der Waals surface area contributed by atoms with Gasteiger partial charge in [-0.1, -0.05) is 0 Å². The van der Waals surface area contributed by atoms with Crippen molar-refractivity contribution >= 4 is 35.1 Å². The molecule has 4 heterocycles. The van der Waals surface area contributed by atoms with Crippen LogP contribution in [-0.4, -0.2) is 44.0 Å². The minimum atomic E-state index is 0.300. The summed E-state index contributed by atoms with van der Waals surface area (Å²) >= 11 is 1.75. The van der Waals surface area contributed by atoms with E-state index >= 15 is 0 Å². The van der Waals surface area contributed by atoms with Gasteiger partial charge in [-0.3, -0.25) is 0 Å². The first-order valence-corrected chi connectivity index (χ1v) is 10.3. The molecule has 0 atom stereocenters. The molecule has 0 fully saturated rings. The van der Waals surface area contributed by atoms with Crippen LogP contribution in [0.5, 0.6) is 0 Å². The molecule has 0 radical (unpaired) electrons. The van der Waals surface area contributed by atoms with Crippen LogP contribution in [0.25, 0.3) is 0 Å². The van der Waals surface area contributed by atoms with Crippen LogP contribution in [0.2, 0.25) is 0 Å². The smallest absolute Gasteiger partial charge is 0.246 e. The van der Waals surface area contributed by atoms with Crippen molar-refractivity contribution in [1.82, 2.24) is 30.4 Å². The third kappa shape index (κ3) is 5.08. The van der Waals surface area contributed by atoms with Crippen LogP contribution in [-0.2, 0) is 19.5 Å². The van der Waals surface area contributed by atoms with Gasteiger partial charge in [-0.15, -0.1) is 21.5 Å². The Morgan fingerprint density at radius 1 is 1.07 bits per heavy atom. The fraction of sp³-hybridized carbons (Fsp3) is 0.333. The van der Waals surface area contributed by atoms with Gasteiger partial charge in [-0.2, -0.15) is 9.97 Å². The molecular formula is C18H24N10OS. The molecule has 4 aromatic rings. The molecule has 0 saturated heterocycles. The largest absolute Gasteiger partial charge is 0.465 e. The highest BCUT2D eigenvalue weighted by Gasteiger charge is 2.10. The summed E-state index contributed by atoms with van der Waals surface area (Å²) in [7, 11) is 1.98. The second-order valence-electron chi connectivity index (χ2n) is 6.79. The van der Waals surface area contributed by atoms with Crippen molar-refractivity contribution in [1.29, 1.82) is 0 Å². The Morgan fingerprint density at radius 3 is 2.70 bits per heavy atom. The maximum Gasteiger partial charge on any atom is 0.246 e. The Kier molecular flexibility index (Phi) is 5.84. The Hall–Kier alpha value is -3.54. The Bertz CT molecular complexity index is 1080. The van der Waals surface area contributed by atoms with Gasteiger partial charge in [0.1, 0.15) is 11.5 Å². The monoisotopic (exact) mass is 428 g/mol. The first kappa shape index (κ1) is 19.8. The average Bonchev–Trinajstić information content (AvgIpc) is 3.51. The van der Waals surface area contributed by atoms with Gasteiger partial charge in [-0.05, 0) is 37.6 Å². The van der Waals surface area contributed by atoms with Gasteiger partial charge >= 0.3 is 0 Å². The predicted molar refractivity (Wildman–Crippen MR) is 117 cm³/mol. The number of thiophene rings is 1. The lowest BCUT2D eigenvalue weighted by molar-refractivity contribution is 0.490. The Morgan fingerprint density at radius 2 is 1.93 bits per heavy atom. The quantitative estimate of drug-likeness (QED) is 0.256. The summed E-state index contributed by atoms with van der Waals surface area (Å²) in [6, 6.07) is 8.12. The number of H-pyrrole nitrogens is 2. The first-order valence-electron chi connectivity index (χ1n) is 9.47. The normalized spacial score (nSPS) is 11.0. The number of hydrogen-bond acceptors (Lipinski definition) is 10. The second-order valence-corrected chi connectivity index (χ2v) is 8.04. The van der Waals surface area contributed by atoms with Gasteiger partial charge in [-0.25, -0.2) is 10.2 Å². The van der Waals surface area contributed by atoms with E-state index in [4.69, 9.17) is 10.2 Å². The highest BCUT2D eigenvalue weighted by Crippen LogP contribution is 2.19. The number of aromatic amines is 2. The van der Waals surface area contributed by atoms with Gasteiger partial charge < -0.3 is 25.7 Å². The van der Waals surface area contributed by atoms with E-state index in [1.165, 1.54) is 9.75 Å². The van der Waals surface area contributed by atoms with E-state index in [0.717, 1.165) is 24.5 Å². The van der Waals surface area contributed by atoms with Crippen LogP contribution in [0, 0.1) is 6.92 Å². The van der Waals surface area contributed by atoms with E-state index in [-0.39, 0.29) is 0 Å². The lowest BCUT2D eigenvalue weighted by Crippen LogP contribution is -2.21. The number of furan rings is 1. The van der Waals surface area contributed by atoms with Crippen molar-refractivity contribution in [2.75, 3.05) is 34.9 Å². The minimum absolute atomic E-state index is 0.300. The number of nitrogen functional groups attached to an aromatic ring is 1. The molecule has 30 heavy (non-hydrogen) atoms. The van der Waals surface area contributed by atoms with Crippen LogP contribution >= 0.6 is 11.3 Å². The molecule has 11 nitrogen and oxygen atoms in total. The molecule has 0 aliphatic rings. The third-order valence-corrected chi connectivity index (χ3v) is 5.52. The molecule has 0 aromatic carbocycles. The van der Waals surface area contributed by atoms with Gasteiger partial charge in [0.2, 0.25) is 23.8 Å². The molecule has 4 rings (SSSR count). The summed E-state index contributed by atoms with van der Waals surface area (Å²) in [4.78, 5) is 13.0. The number of likely N-dealkylation sites (N-methyl/N-ethyl adjacent to an activating group) is 1. The van der Waals surface area contributed by atoms with E-state index in [1.54, 1.807) is 11.3 Å². The number of nitrogens with two attached hydrogens (primary N) is 1. The van der Waals surface area contributed by atoms with Gasteiger partial charge in [0, 0.05) is 23.3 Å². The number of aromatic nitrogens is 6. The SMILES string of the molecule is Cc1ccc(CNc2nc(N(C)CCc3ccc(CNc4n[nH]c(N)n4)s3)n[nH]2)o1. The summed E-state index contributed by atoms with van der Waals surface area (Å²) in [5, 5.41) is 20.1. The second kappa shape index (κ2) is 8.86. The summed E-state index contributed by atoms with van der Waals surface area (Å²) in [6.45, 7) is 3.94. The zero-order valence-corrected chi connectivity index (χ0v) is 17.6. The van der Waals surface area contributed by atoms with Crippen molar-refractivity contribution in [3.63, 3.8) is 0 Å². The minimum Gasteiger partial charge on any atom is -0.465 e. The summed E-state index contributed by atoms with van der Waals surface area (Å²) in [5.74, 6) is 3.80. The van der Waals surface area contributed by atoms with Gasteiger partial charge in [0.25, 0.3) is 0 Å². The molecule has 4 aromatic heterocycles. The Balaban J connectivity index is 1.23. The van der Waals surface area contributed by atoms with Crippen molar-refractivity contribution in [2.24, 2.45) is 0 Å². The van der Waals surface area contributed by atoms with Crippen LogP contribution in [0.1, 0.15) is 21.3 Å². The zero-order valence-electron chi connectivity index (χ0n) is 16.8. The average molecular weight is 429 g/mol. The summed E-state index contributed by atoms with van der Waals surface area (Å²) in [5.41, 5.74) is 5.52. The summed E-state index contributed by atoms with van der Waals surface area (Å²) < 4.78 is 5.54. The van der Waals surface area contributed by atoms with E-state index in [9.17, 15) is 0 Å². The number of anilines is 4. The molecule has 6 N–H and O–H groups in total. The van der Waals surface area contributed by atoms with Gasteiger partial charge in [0.15, 0.2) is 0 Å². The maximum atomic E-state index is 5.54. The van der Waals surface area contributed by atoms with Crippen molar-refractivity contribution in [3.05, 3.63) is 45.5 Å². The number of nitrogens with zero attached hydrogens (tertiary/aromatic N) is 5. The van der Waals surface area contributed by atoms with E-state index in [0.29, 0.717) is 36.9 Å². The molecule has 0 amide bonds. The standard InChI is InChI=1S/C18H24N10OS/c1-11-3-4-12(29-11)9-20-17-23-18(27-26-17)28(2)8-7-13-5-6-14(30-13)10-21-16-22-15(19)24-25-16/h3-6H,7-10H2,1-2H3,(H2,20,23,26,27)(H4,19,21,22,24,25). The fourth-order valence-corrected chi connectivity index (χ4v) is 3.75. The third-order valence-electron chi connectivity index (χ3n) is 4.38. The molecule has 0 spiro atoms. The molecular weight excluding hydrogens is 404 g/mol. The Labute approximate surface area is 177 Å². The lowest BCUT2D eigenvalue weighted by atomic mass is 10.3. The molecule has 0 bridgehead atoms. The zero-order chi connectivity index (χ0) is 20.9. The number of rotatable bonds is 10. The van der Waals surface area contributed by atoms with Crippen molar-refractivity contribution in [2.45, 2.75) is 26.4 Å². The van der Waals surface area contributed by atoms with E-state index < -0.39 is 0 Å². The molecule has 0 unspecified atom stereocenters. The predicted octanol–water partition coefficient (Wildman–Crippen LogP) is 2.37. The van der Waals surface area contributed by atoms with Gasteiger partial charge in [0.05, 0.1) is 13.1 Å².